The van der Waals surface area contributed by atoms with E-state index in [1.54, 1.807) is 0 Å². The van der Waals surface area contributed by atoms with Crippen molar-refractivity contribution in [3.05, 3.63) is 0 Å². The second-order valence-corrected chi connectivity index (χ2v) is 2.43. The van der Waals surface area contributed by atoms with E-state index >= 15 is 0 Å². The third-order valence-electron chi connectivity index (χ3n) is 1.06. The van der Waals surface area contributed by atoms with Crippen molar-refractivity contribution in [3.63, 3.8) is 0 Å². The van der Waals surface area contributed by atoms with E-state index in [9.17, 15) is 0 Å². The molecule has 0 aromatic carbocycles. The van der Waals surface area contributed by atoms with Crippen LogP contribution in [0, 0.1) is 0 Å². The molecule has 0 aromatic rings. The molecular weight excluding hydrogens is 115 g/mol. The van der Waals surface area contributed by atoms with Gasteiger partial charge < -0.3 is 5.48 Å². The van der Waals surface area contributed by atoms with Crippen LogP contribution < -0.4 is 0 Å². The predicted octanol–water partition coefficient (Wildman–Crippen LogP) is 2.03. The summed E-state index contributed by atoms with van der Waals surface area (Å²) in [6, 6.07) is 0. The maximum Gasteiger partial charge on any atom is -2.00 e. The van der Waals surface area contributed by atoms with Crippen LogP contribution in [0.3, 0.4) is 0 Å². The van der Waals surface area contributed by atoms with Crippen molar-refractivity contribution in [1.29, 1.82) is 0 Å². The van der Waals surface area contributed by atoms with E-state index in [0.717, 1.165) is 0 Å². The number of unbranched alkanes of at least 4 members (excludes halogenated alkanes) is 3. The molecule has 1 nitrogen and oxygen atoms in total. The zero-order valence-corrected chi connectivity index (χ0v) is 6.68. The first-order valence-electron chi connectivity index (χ1n) is 3.12. The van der Waals surface area contributed by atoms with Gasteiger partial charge in [0.1, 0.15) is 0 Å². The maximum atomic E-state index is 2.75. The molecule has 0 radical (unpaired) electrons. The fourth-order valence-electron chi connectivity index (χ4n) is 0.571. The summed E-state index contributed by atoms with van der Waals surface area (Å²) in [6.07, 6.45) is 5.57. The van der Waals surface area contributed by atoms with E-state index in [4.69, 9.17) is 0 Å². The molecule has 0 aromatic heterocycles. The summed E-state index contributed by atoms with van der Waals surface area (Å²) in [7, 11) is 0. The summed E-state index contributed by atoms with van der Waals surface area (Å²) in [4.78, 5) is 0. The van der Waals surface area contributed by atoms with Crippen molar-refractivity contribution in [2.75, 3.05) is 0 Å². The van der Waals surface area contributed by atoms with Crippen LogP contribution in [-0.4, -0.2) is 16.3 Å². The van der Waals surface area contributed by atoms with Gasteiger partial charge in [-0.15, -0.1) is 0 Å². The summed E-state index contributed by atoms with van der Waals surface area (Å²) in [6.45, 7) is 2.24. The fourth-order valence-corrected chi connectivity index (χ4v) is 0.860. The summed E-state index contributed by atoms with van der Waals surface area (Å²) in [5.41, 5.74) is 0. The minimum atomic E-state index is 0. The van der Waals surface area contributed by atoms with Crippen molar-refractivity contribution < 1.29 is 5.48 Å². The molecule has 0 saturated heterocycles. The van der Waals surface area contributed by atoms with Gasteiger partial charge in [0.05, 0.1) is 0 Å². The number of hydrogen-bond acceptors (Lipinski definition) is 0. The maximum absolute atomic E-state index is 2.75. The Kier molecular flexibility index (Phi) is 14.8. The standard InChI is InChI=1S/C6H13.Al.O/c1-3-5-6-4-2;;/h1,3-6H2,2H3;;/q;+2;-2. The number of hydrogen-bond donors (Lipinski definition) is 0. The Morgan fingerprint density at radius 1 is 1.12 bits per heavy atom. The van der Waals surface area contributed by atoms with E-state index in [-0.39, 0.29) is 5.48 Å². The first-order valence-corrected chi connectivity index (χ1v) is 3.93. The van der Waals surface area contributed by atoms with E-state index in [1.807, 2.05) is 0 Å². The van der Waals surface area contributed by atoms with Gasteiger partial charge in [0.25, 0.3) is 0 Å². The topological polar surface area (TPSA) is 28.5 Å². The Morgan fingerprint density at radius 2 is 1.75 bits per heavy atom. The predicted molar refractivity (Wildman–Crippen MR) is 35.4 cm³/mol. The van der Waals surface area contributed by atoms with Crippen LogP contribution in [0.25, 0.3) is 0 Å². The van der Waals surface area contributed by atoms with Crippen molar-refractivity contribution in [1.82, 2.24) is 0 Å². The molecule has 0 atom stereocenters. The minimum Gasteiger partial charge on any atom is -2.00 e. The van der Waals surface area contributed by atoms with E-state index in [1.165, 1.54) is 31.0 Å². The molecule has 0 N–H and O–H groups in total. The molecule has 0 aliphatic heterocycles. The van der Waals surface area contributed by atoms with Crippen LogP contribution in [-0.2, 0) is 5.48 Å². The molecule has 0 spiro atoms. The molecule has 0 rings (SSSR count). The molecule has 8 heavy (non-hydrogen) atoms. The summed E-state index contributed by atoms with van der Waals surface area (Å²) < 4.78 is 0. The normalized spacial score (nSPS) is 8.38. The first-order chi connectivity index (χ1) is 3.41. The van der Waals surface area contributed by atoms with Gasteiger partial charge in [-0.3, -0.25) is 0 Å². The van der Waals surface area contributed by atoms with Gasteiger partial charge >= 0.3 is 54.2 Å². The summed E-state index contributed by atoms with van der Waals surface area (Å²) in [5.74, 6) is 0. The Morgan fingerprint density at radius 3 is 2.12 bits per heavy atom. The summed E-state index contributed by atoms with van der Waals surface area (Å²) in [5, 5.41) is 1.28. The molecule has 46 valence electrons. The largest absolute Gasteiger partial charge is 2.00 e. The summed E-state index contributed by atoms with van der Waals surface area (Å²) >= 11 is 2.75. The molecule has 0 unspecified atom stereocenters. The second-order valence-electron chi connectivity index (χ2n) is 1.85. The molecule has 0 aliphatic rings. The van der Waals surface area contributed by atoms with Crippen LogP contribution in [0.1, 0.15) is 32.6 Å². The molecule has 2 heteroatoms. The van der Waals surface area contributed by atoms with Crippen LogP contribution in [0.4, 0.5) is 0 Å². The Hall–Kier alpha value is 0.492. The second kappa shape index (κ2) is 10.5. The Bertz CT molecular complexity index is 27.7. The van der Waals surface area contributed by atoms with E-state index in [0.29, 0.717) is 0 Å². The molecule has 0 bridgehead atoms. The Balaban J connectivity index is 0. The minimum absolute atomic E-state index is 0. The fraction of sp³-hybridized carbons (Fsp3) is 1.00. The van der Waals surface area contributed by atoms with Gasteiger partial charge in [-0.2, -0.15) is 0 Å². The average molecular weight is 128 g/mol. The van der Waals surface area contributed by atoms with Gasteiger partial charge in [0, 0.05) is 0 Å². The monoisotopic (exact) mass is 128 g/mol. The van der Waals surface area contributed by atoms with E-state index < -0.39 is 0 Å². The molecule has 0 amide bonds. The Labute approximate surface area is 60.2 Å². The van der Waals surface area contributed by atoms with Gasteiger partial charge in [-0.25, -0.2) is 0 Å². The van der Waals surface area contributed by atoms with Crippen LogP contribution in [0.5, 0.6) is 0 Å². The molecule has 0 aliphatic carbocycles. The third-order valence-corrected chi connectivity index (χ3v) is 1.47. The van der Waals surface area contributed by atoms with E-state index in [2.05, 4.69) is 23.2 Å². The van der Waals surface area contributed by atoms with Gasteiger partial charge in [0.15, 0.2) is 0 Å². The average Bonchev–Trinajstić information content (AvgIpc) is 1.69. The zero-order chi connectivity index (χ0) is 5.54. The third kappa shape index (κ3) is 9.70. The van der Waals surface area contributed by atoms with Crippen molar-refractivity contribution in [2.45, 2.75) is 37.9 Å². The van der Waals surface area contributed by atoms with Crippen LogP contribution in [0.2, 0.25) is 5.28 Å². The molecule has 0 heterocycles. The van der Waals surface area contributed by atoms with Gasteiger partial charge in [-0.1, -0.05) is 0 Å². The molecule has 0 fully saturated rings. The van der Waals surface area contributed by atoms with Crippen LogP contribution in [0.15, 0.2) is 0 Å². The zero-order valence-electron chi connectivity index (χ0n) is 5.52. The smallest absolute Gasteiger partial charge is 2.00 e. The molecular formula is C6H13AlO. The van der Waals surface area contributed by atoms with Gasteiger partial charge in [0.2, 0.25) is 0 Å². The quantitative estimate of drug-likeness (QED) is 0.409. The van der Waals surface area contributed by atoms with Crippen LogP contribution >= 0.6 is 0 Å². The van der Waals surface area contributed by atoms with Crippen molar-refractivity contribution >= 4 is 16.3 Å². The van der Waals surface area contributed by atoms with Gasteiger partial charge in [-0.05, 0) is 0 Å². The van der Waals surface area contributed by atoms with Crippen molar-refractivity contribution in [2.24, 2.45) is 0 Å². The first kappa shape index (κ1) is 11.3. The van der Waals surface area contributed by atoms with Crippen molar-refractivity contribution in [3.8, 4) is 0 Å². The molecule has 0 saturated carbocycles. The number of rotatable bonds is 4. The SMILES string of the molecule is CCCCC[CH2][Al+2].[O-2].